The van der Waals surface area contributed by atoms with E-state index in [1.54, 1.807) is 13.8 Å². The van der Waals surface area contributed by atoms with Crippen LogP contribution < -0.4 is 5.32 Å². The van der Waals surface area contributed by atoms with Crippen molar-refractivity contribution in [3.05, 3.63) is 70.8 Å². The van der Waals surface area contributed by atoms with Gasteiger partial charge in [-0.15, -0.1) is 0 Å². The highest BCUT2D eigenvalue weighted by atomic mass is 19.1. The second kappa shape index (κ2) is 7.16. The van der Waals surface area contributed by atoms with E-state index >= 15 is 0 Å². The summed E-state index contributed by atoms with van der Waals surface area (Å²) < 4.78 is 33.2. The fourth-order valence-electron chi connectivity index (χ4n) is 3.54. The van der Waals surface area contributed by atoms with E-state index in [9.17, 15) is 13.6 Å². The van der Waals surface area contributed by atoms with Crippen molar-refractivity contribution in [3.8, 4) is 0 Å². The van der Waals surface area contributed by atoms with Gasteiger partial charge in [0.1, 0.15) is 17.7 Å². The number of fused-ring (bicyclic) bond motifs is 1. The maximum absolute atomic E-state index is 14.2. The SMILES string of the molecule is CCOC1c2ccccc2CC1NC(=O)C(C)(C)c1ccc(F)cc1F. The van der Waals surface area contributed by atoms with Crippen LogP contribution in [0, 0.1) is 11.6 Å². The van der Waals surface area contributed by atoms with E-state index in [0.717, 1.165) is 17.2 Å². The number of halogens is 2. The zero-order valence-electron chi connectivity index (χ0n) is 15.2. The lowest BCUT2D eigenvalue weighted by atomic mass is 9.83. The van der Waals surface area contributed by atoms with Gasteiger partial charge in [-0.3, -0.25) is 4.79 Å². The van der Waals surface area contributed by atoms with Crippen LogP contribution >= 0.6 is 0 Å². The lowest BCUT2D eigenvalue weighted by molar-refractivity contribution is -0.127. The smallest absolute Gasteiger partial charge is 0.230 e. The number of hydrogen-bond acceptors (Lipinski definition) is 2. The highest BCUT2D eigenvalue weighted by molar-refractivity contribution is 5.87. The van der Waals surface area contributed by atoms with Crippen molar-refractivity contribution in [3.63, 3.8) is 0 Å². The number of ether oxygens (including phenoxy) is 1. The molecule has 26 heavy (non-hydrogen) atoms. The van der Waals surface area contributed by atoms with Crippen LogP contribution in [0.2, 0.25) is 0 Å². The van der Waals surface area contributed by atoms with Crippen LogP contribution in [0.3, 0.4) is 0 Å². The number of nitrogens with one attached hydrogen (secondary N) is 1. The van der Waals surface area contributed by atoms with E-state index < -0.39 is 17.0 Å². The maximum Gasteiger partial charge on any atom is 0.230 e. The molecule has 0 heterocycles. The second-order valence-corrected chi connectivity index (χ2v) is 7.11. The molecule has 0 saturated carbocycles. The molecule has 1 aliphatic carbocycles. The topological polar surface area (TPSA) is 38.3 Å². The summed E-state index contributed by atoms with van der Waals surface area (Å²) in [7, 11) is 0. The number of rotatable bonds is 5. The predicted octanol–water partition coefficient (Wildman–Crippen LogP) is 4.06. The van der Waals surface area contributed by atoms with Crippen molar-refractivity contribution in [2.75, 3.05) is 6.61 Å². The van der Waals surface area contributed by atoms with E-state index in [4.69, 9.17) is 4.74 Å². The Kier molecular flexibility index (Phi) is 5.10. The van der Waals surface area contributed by atoms with Crippen molar-refractivity contribution in [1.82, 2.24) is 5.32 Å². The fourth-order valence-corrected chi connectivity index (χ4v) is 3.54. The summed E-state index contributed by atoms with van der Waals surface area (Å²) in [5.41, 5.74) is 1.25. The van der Waals surface area contributed by atoms with Gasteiger partial charge in [0.05, 0.1) is 11.5 Å². The van der Waals surface area contributed by atoms with Crippen LogP contribution in [0.4, 0.5) is 8.78 Å². The minimum Gasteiger partial charge on any atom is -0.372 e. The van der Waals surface area contributed by atoms with E-state index in [1.165, 1.54) is 12.1 Å². The predicted molar refractivity (Wildman–Crippen MR) is 95.8 cm³/mol. The summed E-state index contributed by atoms with van der Waals surface area (Å²) in [6.07, 6.45) is 0.434. The molecule has 0 spiro atoms. The first kappa shape index (κ1) is 18.5. The number of carbonyl (C=O) groups excluding carboxylic acids is 1. The largest absolute Gasteiger partial charge is 0.372 e. The average molecular weight is 359 g/mol. The van der Waals surface area contributed by atoms with E-state index in [0.29, 0.717) is 13.0 Å². The van der Waals surface area contributed by atoms with Crippen LogP contribution in [0.25, 0.3) is 0 Å². The molecule has 3 nitrogen and oxygen atoms in total. The van der Waals surface area contributed by atoms with Gasteiger partial charge in [0.15, 0.2) is 0 Å². The van der Waals surface area contributed by atoms with Crippen LogP contribution in [-0.2, 0) is 21.4 Å². The molecular weight excluding hydrogens is 336 g/mol. The third-order valence-corrected chi connectivity index (χ3v) is 5.00. The van der Waals surface area contributed by atoms with Gasteiger partial charge in [-0.25, -0.2) is 8.78 Å². The molecule has 5 heteroatoms. The minimum atomic E-state index is -1.14. The molecule has 0 bridgehead atoms. The quantitative estimate of drug-likeness (QED) is 0.874. The molecule has 2 atom stereocenters. The van der Waals surface area contributed by atoms with E-state index in [1.807, 2.05) is 31.2 Å². The van der Waals surface area contributed by atoms with Crippen LogP contribution in [0.1, 0.15) is 43.6 Å². The summed E-state index contributed by atoms with van der Waals surface area (Å²) in [6, 6.07) is 11.0. The third-order valence-electron chi connectivity index (χ3n) is 5.00. The van der Waals surface area contributed by atoms with Crippen molar-refractivity contribution in [1.29, 1.82) is 0 Å². The van der Waals surface area contributed by atoms with Crippen molar-refractivity contribution >= 4 is 5.91 Å². The Morgan fingerprint density at radius 1 is 1.23 bits per heavy atom. The van der Waals surface area contributed by atoms with Gasteiger partial charge in [0, 0.05) is 18.2 Å². The number of carbonyl (C=O) groups is 1. The van der Waals surface area contributed by atoms with Gasteiger partial charge in [-0.05, 0) is 44.4 Å². The fraction of sp³-hybridized carbons (Fsp3) is 0.381. The highest BCUT2D eigenvalue weighted by Gasteiger charge is 2.39. The summed E-state index contributed by atoms with van der Waals surface area (Å²) >= 11 is 0. The van der Waals surface area contributed by atoms with Crippen LogP contribution in [0.5, 0.6) is 0 Å². The van der Waals surface area contributed by atoms with E-state index in [2.05, 4.69) is 5.32 Å². The zero-order chi connectivity index (χ0) is 18.9. The Labute approximate surface area is 152 Å². The molecule has 2 aromatic carbocycles. The molecule has 138 valence electrons. The van der Waals surface area contributed by atoms with Crippen LogP contribution in [-0.4, -0.2) is 18.6 Å². The molecule has 3 rings (SSSR count). The number of hydrogen-bond donors (Lipinski definition) is 1. The van der Waals surface area contributed by atoms with Crippen molar-refractivity contribution < 1.29 is 18.3 Å². The monoisotopic (exact) mass is 359 g/mol. The standard InChI is InChI=1S/C21H23F2NO2/c1-4-26-19-15-8-6-5-7-13(15)11-18(19)24-20(25)21(2,3)16-10-9-14(22)12-17(16)23/h5-10,12,18-19H,4,11H2,1-3H3,(H,24,25). The molecule has 1 aliphatic rings. The molecule has 0 aromatic heterocycles. The van der Waals surface area contributed by atoms with Gasteiger partial charge >= 0.3 is 0 Å². The molecule has 0 saturated heterocycles. The Balaban J connectivity index is 1.82. The first-order valence-corrected chi connectivity index (χ1v) is 8.80. The first-order chi connectivity index (χ1) is 12.3. The lowest BCUT2D eigenvalue weighted by Crippen LogP contribution is -2.47. The van der Waals surface area contributed by atoms with Crippen LogP contribution in [0.15, 0.2) is 42.5 Å². The average Bonchev–Trinajstić information content (AvgIpc) is 2.92. The lowest BCUT2D eigenvalue weighted by Gasteiger charge is -2.29. The first-order valence-electron chi connectivity index (χ1n) is 8.80. The molecule has 1 N–H and O–H groups in total. The summed E-state index contributed by atoms with van der Waals surface area (Å²) in [4.78, 5) is 12.9. The van der Waals surface area contributed by atoms with Crippen molar-refractivity contribution in [2.45, 2.75) is 44.8 Å². The van der Waals surface area contributed by atoms with Gasteiger partial charge in [0.25, 0.3) is 0 Å². The van der Waals surface area contributed by atoms with Gasteiger partial charge in [0.2, 0.25) is 5.91 Å². The second-order valence-electron chi connectivity index (χ2n) is 7.11. The summed E-state index contributed by atoms with van der Waals surface area (Å²) in [5, 5.41) is 3.02. The summed E-state index contributed by atoms with van der Waals surface area (Å²) in [5.74, 6) is -1.70. The van der Waals surface area contributed by atoms with Gasteiger partial charge < -0.3 is 10.1 Å². The molecule has 2 unspecified atom stereocenters. The normalized spacial score (nSPS) is 19.3. The Hall–Kier alpha value is -2.27. The molecule has 0 radical (unpaired) electrons. The Bertz CT molecular complexity index is 819. The minimum absolute atomic E-state index is 0.167. The van der Waals surface area contributed by atoms with Gasteiger partial charge in [-0.2, -0.15) is 0 Å². The number of benzene rings is 2. The van der Waals surface area contributed by atoms with Gasteiger partial charge in [-0.1, -0.05) is 30.3 Å². The summed E-state index contributed by atoms with van der Waals surface area (Å²) in [6.45, 7) is 5.71. The molecule has 0 aliphatic heterocycles. The Morgan fingerprint density at radius 3 is 2.65 bits per heavy atom. The molecule has 0 fully saturated rings. The Morgan fingerprint density at radius 2 is 1.96 bits per heavy atom. The van der Waals surface area contributed by atoms with Crippen molar-refractivity contribution in [2.24, 2.45) is 0 Å². The molecule has 2 aromatic rings. The molecular formula is C21H23F2NO2. The zero-order valence-corrected chi connectivity index (χ0v) is 15.2. The number of amides is 1. The maximum atomic E-state index is 14.2. The third kappa shape index (κ3) is 3.36. The highest BCUT2D eigenvalue weighted by Crippen LogP contribution is 2.35. The van der Waals surface area contributed by atoms with E-state index in [-0.39, 0.29) is 23.6 Å². The molecule has 1 amide bonds.